The molecule has 1 fully saturated rings. The smallest absolute Gasteiger partial charge is 0.227 e. The van der Waals surface area contributed by atoms with E-state index in [9.17, 15) is 4.79 Å². The number of aldehydes is 1. The maximum atomic E-state index is 10.8. The van der Waals surface area contributed by atoms with Crippen molar-refractivity contribution in [1.82, 2.24) is 14.8 Å². The first-order valence-electron chi connectivity index (χ1n) is 4.81. The summed E-state index contributed by atoms with van der Waals surface area (Å²) in [6.07, 6.45) is 4.26. The molecule has 0 aromatic carbocycles. The number of carbonyl (C=O) groups is 1. The number of anilines is 1. The van der Waals surface area contributed by atoms with Gasteiger partial charge in [0.2, 0.25) is 5.95 Å². The molecule has 0 bridgehead atoms. The quantitative estimate of drug-likeness (QED) is 0.670. The Morgan fingerprint density at radius 2 is 2.14 bits per heavy atom. The van der Waals surface area contributed by atoms with E-state index in [1.54, 1.807) is 0 Å². The molecule has 0 unspecified atom stereocenters. The maximum Gasteiger partial charge on any atom is 0.227 e. The summed E-state index contributed by atoms with van der Waals surface area (Å²) in [6, 6.07) is 0.419. The fraction of sp³-hybridized carbons (Fsp3) is 0.667. The molecule has 0 N–H and O–H groups in total. The number of carbonyl (C=O) groups excluding carboxylic acids is 1. The highest BCUT2D eigenvalue weighted by Gasteiger charge is 2.26. The molecule has 76 valence electrons. The van der Waals surface area contributed by atoms with Crippen molar-refractivity contribution in [3.05, 3.63) is 5.82 Å². The van der Waals surface area contributed by atoms with Crippen molar-refractivity contribution in [1.29, 1.82) is 0 Å². The molecule has 0 spiro atoms. The molecule has 1 aromatic heterocycles. The van der Waals surface area contributed by atoms with Gasteiger partial charge in [0.1, 0.15) is 0 Å². The number of aromatic nitrogens is 3. The van der Waals surface area contributed by atoms with Crippen LogP contribution in [0.5, 0.6) is 0 Å². The molecular weight excluding hydrogens is 180 g/mol. The monoisotopic (exact) mass is 194 g/mol. The van der Waals surface area contributed by atoms with Crippen LogP contribution in [0.25, 0.3) is 0 Å². The highest BCUT2D eigenvalue weighted by Crippen LogP contribution is 2.34. The van der Waals surface area contributed by atoms with E-state index < -0.39 is 0 Å². The fourth-order valence-corrected chi connectivity index (χ4v) is 1.68. The fourth-order valence-electron chi connectivity index (χ4n) is 1.68. The highest BCUT2D eigenvalue weighted by atomic mass is 16.1. The Morgan fingerprint density at radius 3 is 2.57 bits per heavy atom. The molecule has 1 aromatic rings. The second-order valence-corrected chi connectivity index (χ2v) is 3.83. The standard InChI is InChI=1S/C9H14N4O/c1-12(2)9-11-10-8(6-14)13(9)7-4-3-5-7/h6-7H,3-5H2,1-2H3. The van der Waals surface area contributed by atoms with Crippen molar-refractivity contribution in [2.45, 2.75) is 25.3 Å². The zero-order valence-electron chi connectivity index (χ0n) is 8.47. The number of hydrogen-bond acceptors (Lipinski definition) is 4. The number of hydrogen-bond donors (Lipinski definition) is 0. The Hall–Kier alpha value is -1.39. The average molecular weight is 194 g/mol. The number of rotatable bonds is 3. The molecular formula is C9H14N4O. The van der Waals surface area contributed by atoms with Crippen molar-refractivity contribution < 1.29 is 4.79 Å². The minimum Gasteiger partial charge on any atom is -0.347 e. The summed E-state index contributed by atoms with van der Waals surface area (Å²) in [6.45, 7) is 0. The summed E-state index contributed by atoms with van der Waals surface area (Å²) in [5.74, 6) is 1.22. The van der Waals surface area contributed by atoms with E-state index in [2.05, 4.69) is 10.2 Å². The lowest BCUT2D eigenvalue weighted by molar-refractivity contribution is 0.110. The lowest BCUT2D eigenvalue weighted by Gasteiger charge is -2.29. The molecule has 0 atom stereocenters. The molecule has 5 heteroatoms. The largest absolute Gasteiger partial charge is 0.347 e. The summed E-state index contributed by atoms with van der Waals surface area (Å²) >= 11 is 0. The van der Waals surface area contributed by atoms with Gasteiger partial charge in [-0.15, -0.1) is 10.2 Å². The van der Waals surface area contributed by atoms with Gasteiger partial charge in [-0.3, -0.25) is 9.36 Å². The van der Waals surface area contributed by atoms with Crippen molar-refractivity contribution in [3.63, 3.8) is 0 Å². The summed E-state index contributed by atoms with van der Waals surface area (Å²) in [5.41, 5.74) is 0. The SMILES string of the molecule is CN(C)c1nnc(C=O)n1C1CCC1. The van der Waals surface area contributed by atoms with Gasteiger partial charge < -0.3 is 4.90 Å². The molecule has 1 aliphatic rings. The molecule has 0 radical (unpaired) electrons. The zero-order chi connectivity index (χ0) is 10.1. The molecule has 2 rings (SSSR count). The van der Waals surface area contributed by atoms with Crippen molar-refractivity contribution >= 4 is 12.2 Å². The lowest BCUT2D eigenvalue weighted by atomic mass is 9.93. The molecule has 0 aliphatic heterocycles. The third kappa shape index (κ3) is 1.29. The van der Waals surface area contributed by atoms with Gasteiger partial charge in [-0.1, -0.05) is 0 Å². The van der Waals surface area contributed by atoms with Gasteiger partial charge in [-0.25, -0.2) is 0 Å². The minimum atomic E-state index is 0.419. The van der Waals surface area contributed by atoms with E-state index in [1.165, 1.54) is 6.42 Å². The average Bonchev–Trinajstić information content (AvgIpc) is 2.45. The Bertz CT molecular complexity index is 341. The summed E-state index contributed by atoms with van der Waals surface area (Å²) in [7, 11) is 3.82. The molecule has 0 amide bonds. The second kappa shape index (κ2) is 3.40. The first kappa shape index (κ1) is 9.18. The maximum absolute atomic E-state index is 10.8. The van der Waals surface area contributed by atoms with Crippen LogP contribution in [-0.4, -0.2) is 35.1 Å². The third-order valence-electron chi connectivity index (χ3n) is 2.65. The van der Waals surface area contributed by atoms with Gasteiger partial charge in [0.25, 0.3) is 0 Å². The molecule has 1 heterocycles. The Kier molecular flexibility index (Phi) is 2.23. The van der Waals surface area contributed by atoms with E-state index >= 15 is 0 Å². The molecule has 1 saturated carbocycles. The van der Waals surface area contributed by atoms with E-state index in [4.69, 9.17) is 0 Å². The second-order valence-electron chi connectivity index (χ2n) is 3.83. The van der Waals surface area contributed by atoms with Gasteiger partial charge in [0.05, 0.1) is 0 Å². The van der Waals surface area contributed by atoms with Crippen LogP contribution in [0.3, 0.4) is 0 Å². The van der Waals surface area contributed by atoms with Crippen LogP contribution in [-0.2, 0) is 0 Å². The van der Waals surface area contributed by atoms with Crippen LogP contribution in [0.1, 0.15) is 35.9 Å². The summed E-state index contributed by atoms with van der Waals surface area (Å²) in [5, 5.41) is 7.86. The van der Waals surface area contributed by atoms with Crippen LogP contribution < -0.4 is 4.90 Å². The first-order valence-corrected chi connectivity index (χ1v) is 4.81. The van der Waals surface area contributed by atoms with E-state index in [0.717, 1.165) is 25.1 Å². The van der Waals surface area contributed by atoms with E-state index in [-0.39, 0.29) is 0 Å². The van der Waals surface area contributed by atoms with Gasteiger partial charge in [-0.2, -0.15) is 0 Å². The summed E-state index contributed by atoms with van der Waals surface area (Å²) in [4.78, 5) is 12.7. The Labute approximate surface area is 82.7 Å². The van der Waals surface area contributed by atoms with Crippen LogP contribution in [0.4, 0.5) is 5.95 Å². The van der Waals surface area contributed by atoms with Crippen LogP contribution in [0.2, 0.25) is 0 Å². The van der Waals surface area contributed by atoms with Gasteiger partial charge in [0.15, 0.2) is 12.1 Å². The zero-order valence-corrected chi connectivity index (χ0v) is 8.47. The van der Waals surface area contributed by atoms with Gasteiger partial charge >= 0.3 is 0 Å². The molecule has 0 saturated heterocycles. The highest BCUT2D eigenvalue weighted by molar-refractivity contribution is 5.70. The first-order chi connectivity index (χ1) is 6.74. The topological polar surface area (TPSA) is 51.0 Å². The number of nitrogens with zero attached hydrogens (tertiary/aromatic N) is 4. The predicted octanol–water partition coefficient (Wildman–Crippen LogP) is 0.882. The molecule has 1 aliphatic carbocycles. The predicted molar refractivity (Wildman–Crippen MR) is 52.6 cm³/mol. The van der Waals surface area contributed by atoms with Crippen molar-refractivity contribution in [2.75, 3.05) is 19.0 Å². The lowest BCUT2D eigenvalue weighted by Crippen LogP contribution is -2.24. The Morgan fingerprint density at radius 1 is 1.43 bits per heavy atom. The van der Waals surface area contributed by atoms with Gasteiger partial charge in [-0.05, 0) is 19.3 Å². The van der Waals surface area contributed by atoms with Crippen LogP contribution in [0.15, 0.2) is 0 Å². The minimum absolute atomic E-state index is 0.419. The normalized spacial score (nSPS) is 16.4. The van der Waals surface area contributed by atoms with Crippen LogP contribution >= 0.6 is 0 Å². The molecule has 5 nitrogen and oxygen atoms in total. The molecule has 14 heavy (non-hydrogen) atoms. The van der Waals surface area contributed by atoms with Crippen molar-refractivity contribution in [2.24, 2.45) is 0 Å². The Balaban J connectivity index is 2.39. The van der Waals surface area contributed by atoms with Crippen molar-refractivity contribution in [3.8, 4) is 0 Å². The van der Waals surface area contributed by atoms with E-state index in [1.807, 2.05) is 23.6 Å². The summed E-state index contributed by atoms with van der Waals surface area (Å²) < 4.78 is 1.94. The third-order valence-corrected chi connectivity index (χ3v) is 2.65. The van der Waals surface area contributed by atoms with Gasteiger partial charge in [0, 0.05) is 20.1 Å². The van der Waals surface area contributed by atoms with Crippen LogP contribution in [0, 0.1) is 0 Å². The van der Waals surface area contributed by atoms with E-state index in [0.29, 0.717) is 11.9 Å².